The summed E-state index contributed by atoms with van der Waals surface area (Å²) in [7, 11) is 0. The van der Waals surface area contributed by atoms with Gasteiger partial charge in [0.05, 0.1) is 12.0 Å². The highest BCUT2D eigenvalue weighted by Crippen LogP contribution is 2.42. The number of thioether (sulfide) groups is 1. The van der Waals surface area contributed by atoms with Crippen molar-refractivity contribution in [2.45, 2.75) is 50.8 Å². The third-order valence-electron chi connectivity index (χ3n) is 6.97. The highest BCUT2D eigenvalue weighted by Gasteiger charge is 2.42. The van der Waals surface area contributed by atoms with Crippen molar-refractivity contribution in [3.63, 3.8) is 0 Å². The quantitative estimate of drug-likeness (QED) is 0.196. The Morgan fingerprint density at radius 1 is 1.00 bits per heavy atom. The molecule has 192 valence electrons. The maximum Gasteiger partial charge on any atom is 0.262 e. The molecule has 1 aliphatic carbocycles. The predicted molar refractivity (Wildman–Crippen MR) is 170 cm³/mol. The van der Waals surface area contributed by atoms with Crippen molar-refractivity contribution in [2.75, 3.05) is 5.32 Å². The first-order valence-electron chi connectivity index (χ1n) is 12.7. The summed E-state index contributed by atoms with van der Waals surface area (Å²) in [4.78, 5) is 16.7. The Balaban J connectivity index is 1.39. The molecule has 3 aromatic carbocycles. The zero-order valence-corrected chi connectivity index (χ0v) is 25.8. The van der Waals surface area contributed by atoms with Crippen LogP contribution in [0.2, 0.25) is 0 Å². The van der Waals surface area contributed by atoms with E-state index in [2.05, 4.69) is 98.7 Å². The number of rotatable bonds is 7. The first kappa shape index (κ1) is 26.9. The van der Waals surface area contributed by atoms with Gasteiger partial charge in [0.1, 0.15) is 12.4 Å². The number of nitrogens with one attached hydrogen (secondary N) is 1. The average molecular weight is 736 g/mol. The van der Waals surface area contributed by atoms with Crippen LogP contribution in [0.25, 0.3) is 6.08 Å². The van der Waals surface area contributed by atoms with Gasteiger partial charge in [0.2, 0.25) is 0 Å². The van der Waals surface area contributed by atoms with Gasteiger partial charge in [0.15, 0.2) is 5.50 Å². The van der Waals surface area contributed by atoms with Gasteiger partial charge in [-0.1, -0.05) is 80.1 Å². The highest BCUT2D eigenvalue weighted by atomic mass is 127. The summed E-state index contributed by atoms with van der Waals surface area (Å²) in [5.41, 5.74) is 3.08. The summed E-state index contributed by atoms with van der Waals surface area (Å²) in [5.74, 6) is 1.52. The van der Waals surface area contributed by atoms with Crippen LogP contribution >= 0.6 is 56.9 Å². The van der Waals surface area contributed by atoms with Crippen molar-refractivity contribution < 1.29 is 9.53 Å². The maximum absolute atomic E-state index is 13.8. The number of para-hydroxylation sites is 1. The Labute approximate surface area is 250 Å². The molecule has 1 heterocycles. The molecule has 37 heavy (non-hydrogen) atoms. The van der Waals surface area contributed by atoms with Crippen LogP contribution in [0.4, 0.5) is 5.69 Å². The molecule has 2 aliphatic rings. The molecular formula is C30H30I2N2O2S. The lowest BCUT2D eigenvalue weighted by atomic mass is 9.85. The molecule has 4 nitrogen and oxygen atoms in total. The molecule has 1 N–H and O–H groups in total. The molecule has 1 aliphatic heterocycles. The van der Waals surface area contributed by atoms with Gasteiger partial charge in [-0.25, -0.2) is 0 Å². The molecule has 3 aromatic rings. The lowest BCUT2D eigenvalue weighted by Crippen LogP contribution is -2.48. The minimum Gasteiger partial charge on any atom is -0.487 e. The fourth-order valence-electron chi connectivity index (χ4n) is 5.05. The zero-order chi connectivity index (χ0) is 25.8. The number of halogens is 2. The second-order valence-corrected chi connectivity index (χ2v) is 13.1. The third kappa shape index (κ3) is 6.47. The number of nitrogens with zero attached hydrogens (tertiary/aromatic N) is 1. The van der Waals surface area contributed by atoms with Crippen molar-refractivity contribution in [3.8, 4) is 5.75 Å². The van der Waals surface area contributed by atoms with Crippen molar-refractivity contribution in [1.82, 2.24) is 4.90 Å². The fourth-order valence-corrected chi connectivity index (χ4v) is 8.39. The van der Waals surface area contributed by atoms with Gasteiger partial charge >= 0.3 is 0 Å². The van der Waals surface area contributed by atoms with E-state index in [1.807, 2.05) is 42.5 Å². The number of amides is 1. The van der Waals surface area contributed by atoms with Crippen molar-refractivity contribution in [3.05, 3.63) is 96.0 Å². The van der Waals surface area contributed by atoms with Gasteiger partial charge in [0, 0.05) is 11.7 Å². The molecule has 0 bridgehead atoms. The summed E-state index contributed by atoms with van der Waals surface area (Å²) in [5, 5.41) is 3.62. The van der Waals surface area contributed by atoms with Crippen LogP contribution in [-0.2, 0) is 11.4 Å². The minimum atomic E-state index is -0.113. The van der Waals surface area contributed by atoms with E-state index in [1.165, 1.54) is 19.3 Å². The van der Waals surface area contributed by atoms with Crippen molar-refractivity contribution >= 4 is 74.6 Å². The number of benzene rings is 3. The van der Waals surface area contributed by atoms with Crippen LogP contribution in [0.3, 0.4) is 0 Å². The molecule has 5 rings (SSSR count). The largest absolute Gasteiger partial charge is 0.487 e. The zero-order valence-electron chi connectivity index (χ0n) is 20.7. The molecule has 0 spiro atoms. The van der Waals surface area contributed by atoms with Gasteiger partial charge in [-0.3, -0.25) is 4.79 Å². The SMILES string of the molecule is C[C@H]1CCCC[C@@H]1N1C(=O)/C(=C/c2cc(I)c(OCc3ccccc3)c(I)c2)SC1Nc1ccccc1. The summed E-state index contributed by atoms with van der Waals surface area (Å²) in [6.45, 7) is 2.82. The highest BCUT2D eigenvalue weighted by molar-refractivity contribution is 14.1. The van der Waals surface area contributed by atoms with Gasteiger partial charge in [-0.15, -0.1) is 0 Å². The van der Waals surface area contributed by atoms with Crippen molar-refractivity contribution in [2.24, 2.45) is 5.92 Å². The summed E-state index contributed by atoms with van der Waals surface area (Å²) >= 11 is 6.29. The van der Waals surface area contributed by atoms with Crippen LogP contribution in [-0.4, -0.2) is 22.3 Å². The molecule has 7 heteroatoms. The normalized spacial score (nSPS) is 22.9. The van der Waals surface area contributed by atoms with E-state index < -0.39 is 0 Å². The Kier molecular flexibility index (Phi) is 9.02. The molecule has 3 atom stereocenters. The summed E-state index contributed by atoms with van der Waals surface area (Å²) in [6, 6.07) is 24.9. The predicted octanol–water partition coefficient (Wildman–Crippen LogP) is 8.37. The van der Waals surface area contributed by atoms with E-state index in [0.29, 0.717) is 12.5 Å². The Morgan fingerprint density at radius 3 is 2.32 bits per heavy atom. The van der Waals surface area contributed by atoms with Gasteiger partial charge < -0.3 is 15.0 Å². The van der Waals surface area contributed by atoms with Crippen LogP contribution in [0, 0.1) is 13.1 Å². The van der Waals surface area contributed by atoms with Gasteiger partial charge in [-0.2, -0.15) is 0 Å². The first-order chi connectivity index (χ1) is 18.0. The van der Waals surface area contributed by atoms with Crippen molar-refractivity contribution in [1.29, 1.82) is 0 Å². The Bertz CT molecular complexity index is 1250. The smallest absolute Gasteiger partial charge is 0.262 e. The fraction of sp³-hybridized carbons (Fsp3) is 0.300. The molecule has 1 saturated carbocycles. The minimum absolute atomic E-state index is 0.113. The number of carbonyl (C=O) groups excluding carboxylic acids is 1. The number of hydrogen-bond acceptors (Lipinski definition) is 4. The summed E-state index contributed by atoms with van der Waals surface area (Å²) in [6.07, 6.45) is 6.72. The standard InChI is InChI=1S/C30H30I2N2O2S/c1-20-10-8-9-15-26(20)34-29(35)27(37-30(34)33-23-13-6-3-7-14-23)18-22-16-24(31)28(25(32)17-22)36-19-21-11-4-2-5-12-21/h2-7,11-14,16-18,20,26,30,33H,8-10,15,19H2,1H3/b27-18-/t20-,26-,30?/m0/s1. The molecule has 2 fully saturated rings. The molecule has 1 amide bonds. The number of anilines is 1. The Hall–Kier alpha value is -1.72. The molecule has 1 saturated heterocycles. The molecule has 1 unspecified atom stereocenters. The van der Waals surface area contributed by atoms with E-state index in [0.717, 1.165) is 41.0 Å². The lowest BCUT2D eigenvalue weighted by molar-refractivity contribution is -0.129. The molecule has 0 aromatic heterocycles. The van der Waals surface area contributed by atoms with E-state index in [1.54, 1.807) is 11.8 Å². The van der Waals surface area contributed by atoms with Crippen LogP contribution in [0.1, 0.15) is 43.7 Å². The van der Waals surface area contributed by atoms with E-state index >= 15 is 0 Å². The number of hydrogen-bond donors (Lipinski definition) is 1. The summed E-state index contributed by atoms with van der Waals surface area (Å²) < 4.78 is 8.25. The molecule has 0 radical (unpaired) electrons. The number of carbonyl (C=O) groups is 1. The maximum atomic E-state index is 13.8. The van der Waals surface area contributed by atoms with Crippen LogP contribution in [0.15, 0.2) is 77.7 Å². The van der Waals surface area contributed by atoms with Crippen LogP contribution in [0.5, 0.6) is 5.75 Å². The number of ether oxygens (including phenoxy) is 1. The topological polar surface area (TPSA) is 41.6 Å². The van der Waals surface area contributed by atoms with E-state index in [9.17, 15) is 4.79 Å². The second kappa shape index (κ2) is 12.4. The Morgan fingerprint density at radius 2 is 1.65 bits per heavy atom. The molecular weight excluding hydrogens is 706 g/mol. The second-order valence-electron chi connectivity index (χ2n) is 9.62. The first-order valence-corrected chi connectivity index (χ1v) is 15.7. The van der Waals surface area contributed by atoms with Crippen LogP contribution < -0.4 is 10.1 Å². The lowest BCUT2D eigenvalue weighted by Gasteiger charge is -2.39. The third-order valence-corrected chi connectivity index (χ3v) is 9.69. The van der Waals surface area contributed by atoms with Gasteiger partial charge in [0.25, 0.3) is 5.91 Å². The monoisotopic (exact) mass is 736 g/mol. The van der Waals surface area contributed by atoms with Gasteiger partial charge in [-0.05, 0) is 105 Å². The van der Waals surface area contributed by atoms with E-state index in [-0.39, 0.29) is 17.4 Å². The average Bonchev–Trinajstić information content (AvgIpc) is 3.19. The van der Waals surface area contributed by atoms with E-state index in [4.69, 9.17) is 4.74 Å².